The molecular formula is C11H13N3O4. The molecule has 7 heteroatoms. The first-order chi connectivity index (χ1) is 8.44. The van der Waals surface area contributed by atoms with E-state index in [4.69, 9.17) is 10.8 Å². The van der Waals surface area contributed by atoms with E-state index < -0.39 is 16.4 Å². The van der Waals surface area contributed by atoms with Gasteiger partial charge in [-0.25, -0.2) is 0 Å². The molecule has 1 atom stereocenters. The zero-order valence-corrected chi connectivity index (χ0v) is 9.57. The highest BCUT2D eigenvalue weighted by Gasteiger charge is 2.42. The number of benzene rings is 1. The standard InChI is InChI=1S/C11H13N3O4/c12-11(10(15)16)5-6-13(7-11)8-3-1-2-4-9(8)14(17)18/h1-4H,5-7,12H2,(H,15,16). The minimum absolute atomic E-state index is 0.0351. The summed E-state index contributed by atoms with van der Waals surface area (Å²) in [6.07, 6.45) is 0.272. The summed E-state index contributed by atoms with van der Waals surface area (Å²) in [5.41, 5.74) is 4.79. The number of carboxylic acids is 1. The molecule has 1 aliphatic rings. The minimum Gasteiger partial charge on any atom is -0.480 e. The van der Waals surface area contributed by atoms with Crippen LogP contribution in [0.25, 0.3) is 0 Å². The number of aliphatic carboxylic acids is 1. The van der Waals surface area contributed by atoms with Gasteiger partial charge in [0, 0.05) is 19.2 Å². The first-order valence-corrected chi connectivity index (χ1v) is 5.45. The Balaban J connectivity index is 2.30. The van der Waals surface area contributed by atoms with Gasteiger partial charge in [0.1, 0.15) is 11.2 Å². The van der Waals surface area contributed by atoms with Gasteiger partial charge in [0.2, 0.25) is 0 Å². The van der Waals surface area contributed by atoms with Crippen LogP contribution in [0.2, 0.25) is 0 Å². The number of carboxylic acid groups (broad SMARTS) is 1. The molecular weight excluding hydrogens is 238 g/mol. The lowest BCUT2D eigenvalue weighted by Crippen LogP contribution is -2.50. The quantitative estimate of drug-likeness (QED) is 0.601. The molecule has 1 heterocycles. The average Bonchev–Trinajstić information content (AvgIpc) is 2.73. The molecule has 1 fully saturated rings. The number of anilines is 1. The number of nitro benzene ring substituents is 1. The fourth-order valence-electron chi connectivity index (χ4n) is 2.10. The SMILES string of the molecule is NC1(C(=O)O)CCN(c2ccccc2[N+](=O)[O-])C1. The lowest BCUT2D eigenvalue weighted by Gasteiger charge is -2.21. The predicted octanol–water partition coefficient (Wildman–Crippen LogP) is 0.587. The fraction of sp³-hybridized carbons (Fsp3) is 0.364. The topological polar surface area (TPSA) is 110 Å². The Morgan fingerprint density at radius 3 is 2.72 bits per heavy atom. The van der Waals surface area contributed by atoms with Crippen LogP contribution in [0.3, 0.4) is 0 Å². The molecule has 3 N–H and O–H groups in total. The fourth-order valence-corrected chi connectivity index (χ4v) is 2.10. The van der Waals surface area contributed by atoms with Crippen LogP contribution in [0, 0.1) is 10.1 Å². The van der Waals surface area contributed by atoms with Gasteiger partial charge in [0.15, 0.2) is 0 Å². The Labute approximate surface area is 103 Å². The Morgan fingerprint density at radius 1 is 1.50 bits per heavy atom. The van der Waals surface area contributed by atoms with Gasteiger partial charge in [0.25, 0.3) is 5.69 Å². The second kappa shape index (κ2) is 4.26. The van der Waals surface area contributed by atoms with Crippen molar-refractivity contribution in [2.75, 3.05) is 18.0 Å². The van der Waals surface area contributed by atoms with Crippen molar-refractivity contribution in [2.45, 2.75) is 12.0 Å². The summed E-state index contributed by atoms with van der Waals surface area (Å²) >= 11 is 0. The molecule has 1 aromatic rings. The van der Waals surface area contributed by atoms with E-state index in [1.54, 1.807) is 23.1 Å². The smallest absolute Gasteiger partial charge is 0.325 e. The van der Waals surface area contributed by atoms with Crippen molar-refractivity contribution in [3.63, 3.8) is 0 Å². The number of nitro groups is 1. The van der Waals surface area contributed by atoms with Crippen molar-refractivity contribution in [1.82, 2.24) is 0 Å². The number of nitrogens with two attached hydrogens (primary N) is 1. The Hall–Kier alpha value is -2.15. The van der Waals surface area contributed by atoms with E-state index >= 15 is 0 Å². The van der Waals surface area contributed by atoms with Crippen LogP contribution in [0.5, 0.6) is 0 Å². The molecule has 1 aliphatic heterocycles. The number of nitrogens with zero attached hydrogens (tertiary/aromatic N) is 2. The molecule has 96 valence electrons. The van der Waals surface area contributed by atoms with Gasteiger partial charge in [-0.15, -0.1) is 0 Å². The van der Waals surface area contributed by atoms with E-state index in [1.807, 2.05) is 0 Å². The average molecular weight is 251 g/mol. The van der Waals surface area contributed by atoms with Gasteiger partial charge < -0.3 is 15.7 Å². The monoisotopic (exact) mass is 251 g/mol. The summed E-state index contributed by atoms with van der Waals surface area (Å²) in [5, 5.41) is 19.9. The molecule has 0 spiro atoms. The highest BCUT2D eigenvalue weighted by Crippen LogP contribution is 2.32. The Bertz CT molecular complexity index is 505. The molecule has 0 bridgehead atoms. The van der Waals surface area contributed by atoms with E-state index in [2.05, 4.69) is 0 Å². The van der Waals surface area contributed by atoms with Gasteiger partial charge >= 0.3 is 5.97 Å². The molecule has 0 saturated carbocycles. The third kappa shape index (κ3) is 2.00. The maximum absolute atomic E-state index is 11.0. The van der Waals surface area contributed by atoms with Gasteiger partial charge in [-0.05, 0) is 12.5 Å². The zero-order valence-electron chi connectivity index (χ0n) is 9.57. The third-order valence-corrected chi connectivity index (χ3v) is 3.15. The molecule has 0 radical (unpaired) electrons. The van der Waals surface area contributed by atoms with Crippen molar-refractivity contribution in [1.29, 1.82) is 0 Å². The first-order valence-electron chi connectivity index (χ1n) is 5.45. The van der Waals surface area contributed by atoms with E-state index in [-0.39, 0.29) is 18.7 Å². The molecule has 0 aromatic heterocycles. The number of hydrogen-bond acceptors (Lipinski definition) is 5. The van der Waals surface area contributed by atoms with Crippen molar-refractivity contribution < 1.29 is 14.8 Å². The van der Waals surface area contributed by atoms with Crippen molar-refractivity contribution >= 4 is 17.3 Å². The van der Waals surface area contributed by atoms with Gasteiger partial charge in [-0.2, -0.15) is 0 Å². The van der Waals surface area contributed by atoms with Gasteiger partial charge in [0.05, 0.1) is 4.92 Å². The van der Waals surface area contributed by atoms with Gasteiger partial charge in [-0.3, -0.25) is 14.9 Å². The number of hydrogen-bond donors (Lipinski definition) is 2. The van der Waals surface area contributed by atoms with E-state index in [1.165, 1.54) is 6.07 Å². The molecule has 0 amide bonds. The van der Waals surface area contributed by atoms with Crippen molar-refractivity contribution in [3.8, 4) is 0 Å². The molecule has 7 nitrogen and oxygen atoms in total. The van der Waals surface area contributed by atoms with Crippen LogP contribution in [0.4, 0.5) is 11.4 Å². The van der Waals surface area contributed by atoms with E-state index in [0.717, 1.165) is 0 Å². The molecule has 2 rings (SSSR count). The molecule has 0 aliphatic carbocycles. The normalized spacial score (nSPS) is 23.1. The molecule has 1 unspecified atom stereocenters. The summed E-state index contributed by atoms with van der Waals surface area (Å²) in [6.45, 7) is 0.473. The van der Waals surface area contributed by atoms with Gasteiger partial charge in [-0.1, -0.05) is 12.1 Å². The lowest BCUT2D eigenvalue weighted by molar-refractivity contribution is -0.384. The Morgan fingerprint density at radius 2 is 2.17 bits per heavy atom. The van der Waals surface area contributed by atoms with Crippen LogP contribution in [-0.4, -0.2) is 34.6 Å². The summed E-state index contributed by atoms with van der Waals surface area (Å²) in [6, 6.07) is 6.25. The molecule has 1 saturated heterocycles. The van der Waals surface area contributed by atoms with Crippen LogP contribution < -0.4 is 10.6 Å². The third-order valence-electron chi connectivity index (χ3n) is 3.15. The lowest BCUT2D eigenvalue weighted by atomic mass is 10.0. The molecule has 18 heavy (non-hydrogen) atoms. The van der Waals surface area contributed by atoms with E-state index in [0.29, 0.717) is 12.2 Å². The van der Waals surface area contributed by atoms with E-state index in [9.17, 15) is 14.9 Å². The summed E-state index contributed by atoms with van der Waals surface area (Å²) in [4.78, 5) is 23.1. The predicted molar refractivity (Wildman–Crippen MR) is 64.5 cm³/mol. The molecule has 1 aromatic carbocycles. The van der Waals surface area contributed by atoms with Crippen LogP contribution in [0.1, 0.15) is 6.42 Å². The second-order valence-corrected chi connectivity index (χ2v) is 4.38. The Kier molecular flexibility index (Phi) is 2.92. The largest absolute Gasteiger partial charge is 0.480 e. The highest BCUT2D eigenvalue weighted by atomic mass is 16.6. The second-order valence-electron chi connectivity index (χ2n) is 4.38. The van der Waals surface area contributed by atoms with Crippen molar-refractivity contribution in [3.05, 3.63) is 34.4 Å². The number of para-hydroxylation sites is 2. The van der Waals surface area contributed by atoms with Crippen LogP contribution in [-0.2, 0) is 4.79 Å². The maximum atomic E-state index is 11.0. The number of rotatable bonds is 3. The first kappa shape index (κ1) is 12.3. The van der Waals surface area contributed by atoms with Crippen LogP contribution in [0.15, 0.2) is 24.3 Å². The summed E-state index contributed by atoms with van der Waals surface area (Å²) < 4.78 is 0. The summed E-state index contributed by atoms with van der Waals surface area (Å²) in [7, 11) is 0. The number of carbonyl (C=O) groups is 1. The van der Waals surface area contributed by atoms with Crippen molar-refractivity contribution in [2.24, 2.45) is 5.73 Å². The minimum atomic E-state index is -1.33. The summed E-state index contributed by atoms with van der Waals surface area (Å²) in [5.74, 6) is -1.08. The van der Waals surface area contributed by atoms with Crippen LogP contribution >= 0.6 is 0 Å². The maximum Gasteiger partial charge on any atom is 0.325 e. The zero-order chi connectivity index (χ0) is 13.3. The highest BCUT2D eigenvalue weighted by molar-refractivity contribution is 5.81.